The van der Waals surface area contributed by atoms with Crippen LogP contribution in [-0.4, -0.2) is 49.6 Å². The maximum absolute atomic E-state index is 11.4. The van der Waals surface area contributed by atoms with Crippen LogP contribution in [0.4, 0.5) is 0 Å². The second-order valence-electron chi connectivity index (χ2n) is 5.23. The van der Waals surface area contributed by atoms with Crippen molar-refractivity contribution < 1.29 is 4.79 Å². The van der Waals surface area contributed by atoms with Gasteiger partial charge in [-0.05, 0) is 45.3 Å². The van der Waals surface area contributed by atoms with Gasteiger partial charge in [-0.25, -0.2) is 0 Å². The van der Waals surface area contributed by atoms with Gasteiger partial charge in [-0.2, -0.15) is 0 Å². The van der Waals surface area contributed by atoms with Gasteiger partial charge >= 0.3 is 0 Å². The predicted octanol–water partition coefficient (Wildman–Crippen LogP) is 0.587. The molecule has 2 rings (SSSR count). The number of hydrogen-bond donors (Lipinski definition) is 2. The van der Waals surface area contributed by atoms with Crippen molar-refractivity contribution >= 4 is 5.91 Å². The molecule has 0 bridgehead atoms. The number of hydrogen-bond acceptors (Lipinski definition) is 3. The lowest BCUT2D eigenvalue weighted by Gasteiger charge is -2.31. The standard InChI is InChI=1S/C13H25N3O/c1-2-16-9-5-12(6-10-16)14-7-8-15-13(17)11-3-4-11/h11-12,14H,2-10H2,1H3,(H,15,17). The predicted molar refractivity (Wildman–Crippen MR) is 68.9 cm³/mol. The molecule has 0 aromatic rings. The molecule has 1 saturated heterocycles. The summed E-state index contributed by atoms with van der Waals surface area (Å²) in [6.07, 6.45) is 4.66. The van der Waals surface area contributed by atoms with Gasteiger partial charge < -0.3 is 15.5 Å². The van der Waals surface area contributed by atoms with Crippen LogP contribution in [-0.2, 0) is 4.79 Å². The number of nitrogens with one attached hydrogen (secondary N) is 2. The minimum Gasteiger partial charge on any atom is -0.355 e. The molecule has 0 unspecified atom stereocenters. The minimum absolute atomic E-state index is 0.257. The molecule has 1 amide bonds. The molecular formula is C13H25N3O. The second-order valence-corrected chi connectivity index (χ2v) is 5.23. The van der Waals surface area contributed by atoms with Crippen LogP contribution < -0.4 is 10.6 Å². The van der Waals surface area contributed by atoms with E-state index in [0.717, 1.165) is 25.9 Å². The van der Waals surface area contributed by atoms with Crippen molar-refractivity contribution in [3.8, 4) is 0 Å². The lowest BCUT2D eigenvalue weighted by Crippen LogP contribution is -2.44. The molecule has 0 spiro atoms. The Balaban J connectivity index is 1.49. The first-order valence-corrected chi connectivity index (χ1v) is 7.03. The Kier molecular flexibility index (Phi) is 4.80. The summed E-state index contributed by atoms with van der Waals surface area (Å²) >= 11 is 0. The summed E-state index contributed by atoms with van der Waals surface area (Å²) in [5.74, 6) is 0.593. The molecular weight excluding hydrogens is 214 g/mol. The third kappa shape index (κ3) is 4.28. The normalized spacial score (nSPS) is 22.6. The number of carbonyl (C=O) groups is 1. The summed E-state index contributed by atoms with van der Waals surface area (Å²) in [6.45, 7) is 7.51. The summed E-state index contributed by atoms with van der Waals surface area (Å²) in [7, 11) is 0. The lowest BCUT2D eigenvalue weighted by molar-refractivity contribution is -0.122. The Morgan fingerprint density at radius 3 is 2.47 bits per heavy atom. The summed E-state index contributed by atoms with van der Waals surface area (Å²) in [5.41, 5.74) is 0. The number of likely N-dealkylation sites (tertiary alicyclic amines) is 1. The Hall–Kier alpha value is -0.610. The minimum atomic E-state index is 0.257. The van der Waals surface area contributed by atoms with E-state index in [1.807, 2.05) is 0 Å². The molecule has 4 nitrogen and oxygen atoms in total. The first-order chi connectivity index (χ1) is 8.29. The van der Waals surface area contributed by atoms with Crippen LogP contribution in [0, 0.1) is 5.92 Å². The van der Waals surface area contributed by atoms with E-state index in [-0.39, 0.29) is 5.91 Å². The summed E-state index contributed by atoms with van der Waals surface area (Å²) in [4.78, 5) is 13.9. The summed E-state index contributed by atoms with van der Waals surface area (Å²) in [6, 6.07) is 0.649. The second kappa shape index (κ2) is 6.36. The van der Waals surface area contributed by atoms with Crippen LogP contribution >= 0.6 is 0 Å². The molecule has 0 aromatic carbocycles. The molecule has 2 fully saturated rings. The Morgan fingerprint density at radius 2 is 1.88 bits per heavy atom. The van der Waals surface area contributed by atoms with Gasteiger partial charge in [0.25, 0.3) is 0 Å². The van der Waals surface area contributed by atoms with Crippen LogP contribution in [0.2, 0.25) is 0 Å². The van der Waals surface area contributed by atoms with Crippen LogP contribution in [0.3, 0.4) is 0 Å². The summed E-state index contributed by atoms with van der Waals surface area (Å²) < 4.78 is 0. The van der Waals surface area contributed by atoms with Crippen molar-refractivity contribution in [2.45, 2.75) is 38.6 Å². The highest BCUT2D eigenvalue weighted by molar-refractivity contribution is 5.80. The third-order valence-electron chi connectivity index (χ3n) is 3.84. The van der Waals surface area contributed by atoms with Crippen LogP contribution in [0.15, 0.2) is 0 Å². The molecule has 1 heterocycles. The van der Waals surface area contributed by atoms with Gasteiger partial charge in [-0.3, -0.25) is 4.79 Å². The van der Waals surface area contributed by atoms with Gasteiger partial charge in [0.1, 0.15) is 0 Å². The van der Waals surface area contributed by atoms with Crippen LogP contribution in [0.5, 0.6) is 0 Å². The molecule has 0 radical (unpaired) electrons. The van der Waals surface area contributed by atoms with E-state index in [4.69, 9.17) is 0 Å². The van der Waals surface area contributed by atoms with Crippen LogP contribution in [0.1, 0.15) is 32.6 Å². The highest BCUT2D eigenvalue weighted by atomic mass is 16.2. The van der Waals surface area contributed by atoms with Gasteiger partial charge in [-0.1, -0.05) is 6.92 Å². The SMILES string of the molecule is CCN1CCC(NCCNC(=O)C2CC2)CC1. The number of carbonyl (C=O) groups excluding carboxylic acids is 1. The zero-order chi connectivity index (χ0) is 12.1. The molecule has 2 aliphatic rings. The van der Waals surface area contributed by atoms with E-state index in [0.29, 0.717) is 12.0 Å². The molecule has 2 N–H and O–H groups in total. The fraction of sp³-hybridized carbons (Fsp3) is 0.923. The van der Waals surface area contributed by atoms with Gasteiger partial charge in [0.2, 0.25) is 5.91 Å². The van der Waals surface area contributed by atoms with Crippen molar-refractivity contribution in [2.24, 2.45) is 5.92 Å². The van der Waals surface area contributed by atoms with E-state index >= 15 is 0 Å². The quantitative estimate of drug-likeness (QED) is 0.667. The number of nitrogens with zero attached hydrogens (tertiary/aromatic N) is 1. The smallest absolute Gasteiger partial charge is 0.223 e. The maximum Gasteiger partial charge on any atom is 0.223 e. The average Bonchev–Trinajstić information content (AvgIpc) is 3.19. The van der Waals surface area contributed by atoms with E-state index in [1.54, 1.807) is 0 Å². The third-order valence-corrected chi connectivity index (χ3v) is 3.84. The lowest BCUT2D eigenvalue weighted by atomic mass is 10.1. The largest absolute Gasteiger partial charge is 0.355 e. The number of piperidine rings is 1. The molecule has 1 aliphatic heterocycles. The Bertz CT molecular complexity index is 245. The highest BCUT2D eigenvalue weighted by Crippen LogP contribution is 2.28. The van der Waals surface area contributed by atoms with Crippen molar-refractivity contribution in [1.29, 1.82) is 0 Å². The topological polar surface area (TPSA) is 44.4 Å². The molecule has 0 aromatic heterocycles. The van der Waals surface area contributed by atoms with E-state index < -0.39 is 0 Å². The van der Waals surface area contributed by atoms with Crippen molar-refractivity contribution in [2.75, 3.05) is 32.7 Å². The van der Waals surface area contributed by atoms with Crippen molar-refractivity contribution in [3.63, 3.8) is 0 Å². The zero-order valence-corrected chi connectivity index (χ0v) is 10.9. The molecule has 17 heavy (non-hydrogen) atoms. The number of rotatable bonds is 6. The fourth-order valence-corrected chi connectivity index (χ4v) is 2.41. The monoisotopic (exact) mass is 239 g/mol. The van der Waals surface area contributed by atoms with Gasteiger partial charge in [-0.15, -0.1) is 0 Å². The molecule has 4 heteroatoms. The zero-order valence-electron chi connectivity index (χ0n) is 10.9. The average molecular weight is 239 g/mol. The van der Waals surface area contributed by atoms with E-state index in [9.17, 15) is 4.79 Å². The highest BCUT2D eigenvalue weighted by Gasteiger charge is 2.29. The van der Waals surface area contributed by atoms with E-state index in [1.165, 1.54) is 32.5 Å². The van der Waals surface area contributed by atoms with Crippen LogP contribution in [0.25, 0.3) is 0 Å². The van der Waals surface area contributed by atoms with Gasteiger partial charge in [0.05, 0.1) is 0 Å². The van der Waals surface area contributed by atoms with E-state index in [2.05, 4.69) is 22.5 Å². The maximum atomic E-state index is 11.4. The summed E-state index contributed by atoms with van der Waals surface area (Å²) in [5, 5.41) is 6.53. The number of amides is 1. The molecule has 0 atom stereocenters. The molecule has 1 saturated carbocycles. The van der Waals surface area contributed by atoms with Gasteiger partial charge in [0, 0.05) is 25.0 Å². The van der Waals surface area contributed by atoms with Gasteiger partial charge in [0.15, 0.2) is 0 Å². The van der Waals surface area contributed by atoms with Crippen molar-refractivity contribution in [1.82, 2.24) is 15.5 Å². The molecule has 98 valence electrons. The molecule has 1 aliphatic carbocycles. The first kappa shape index (κ1) is 12.8. The first-order valence-electron chi connectivity index (χ1n) is 7.03. The fourth-order valence-electron chi connectivity index (χ4n) is 2.41. The Morgan fingerprint density at radius 1 is 1.18 bits per heavy atom. The Labute approximate surface area is 104 Å². The van der Waals surface area contributed by atoms with Crippen molar-refractivity contribution in [3.05, 3.63) is 0 Å².